The maximum Gasteiger partial charge on any atom is 0.148 e. The zero-order valence-electron chi connectivity index (χ0n) is 9.13. The molecule has 2 heterocycles. The quantitative estimate of drug-likeness (QED) is 0.760. The van der Waals surface area contributed by atoms with E-state index in [-0.39, 0.29) is 0 Å². The number of benzene rings is 1. The maximum atomic E-state index is 5.24. The van der Waals surface area contributed by atoms with Crippen LogP contribution < -0.4 is 4.90 Å². The lowest BCUT2D eigenvalue weighted by Crippen LogP contribution is -2.52. The zero-order chi connectivity index (χ0) is 11.0. The van der Waals surface area contributed by atoms with E-state index in [9.17, 15) is 0 Å². The standard InChI is InChI=1S/C12H13N3O/c1-16-9-7-15(8-9)12-6-13-10-4-2-3-5-11(10)14-12/h2-6,9H,7-8H2,1H3. The highest BCUT2D eigenvalue weighted by molar-refractivity contribution is 5.75. The van der Waals surface area contributed by atoms with Crippen molar-refractivity contribution in [2.45, 2.75) is 6.10 Å². The van der Waals surface area contributed by atoms with Crippen molar-refractivity contribution in [3.05, 3.63) is 30.5 Å². The van der Waals surface area contributed by atoms with Crippen molar-refractivity contribution in [3.63, 3.8) is 0 Å². The number of hydrogen-bond donors (Lipinski definition) is 0. The summed E-state index contributed by atoms with van der Waals surface area (Å²) in [6, 6.07) is 7.91. The SMILES string of the molecule is COC1CN(c2cnc3ccccc3n2)C1. The maximum absolute atomic E-state index is 5.24. The zero-order valence-corrected chi connectivity index (χ0v) is 9.13. The number of ether oxygens (including phenoxy) is 1. The summed E-state index contributed by atoms with van der Waals surface area (Å²) >= 11 is 0. The first-order valence-corrected chi connectivity index (χ1v) is 5.36. The van der Waals surface area contributed by atoms with Gasteiger partial charge in [-0.05, 0) is 12.1 Å². The number of aromatic nitrogens is 2. The molecular weight excluding hydrogens is 202 g/mol. The van der Waals surface area contributed by atoms with Gasteiger partial charge in [-0.2, -0.15) is 0 Å². The Morgan fingerprint density at radius 2 is 2.00 bits per heavy atom. The molecule has 0 atom stereocenters. The molecule has 0 aliphatic carbocycles. The minimum atomic E-state index is 0.341. The monoisotopic (exact) mass is 215 g/mol. The third-order valence-electron chi connectivity index (χ3n) is 2.94. The minimum absolute atomic E-state index is 0.341. The molecule has 0 unspecified atom stereocenters. The van der Waals surface area contributed by atoms with Crippen molar-refractivity contribution in [1.29, 1.82) is 0 Å². The van der Waals surface area contributed by atoms with Gasteiger partial charge in [-0.25, -0.2) is 4.98 Å². The van der Waals surface area contributed by atoms with Crippen LogP contribution in [0, 0.1) is 0 Å². The smallest absolute Gasteiger partial charge is 0.148 e. The Morgan fingerprint density at radius 3 is 2.75 bits per heavy atom. The molecule has 0 saturated carbocycles. The van der Waals surface area contributed by atoms with E-state index in [0.29, 0.717) is 6.10 Å². The van der Waals surface area contributed by atoms with E-state index in [1.807, 2.05) is 30.5 Å². The summed E-state index contributed by atoms with van der Waals surface area (Å²) in [5, 5.41) is 0. The molecule has 0 N–H and O–H groups in total. The first-order chi connectivity index (χ1) is 7.86. The van der Waals surface area contributed by atoms with E-state index in [0.717, 1.165) is 29.9 Å². The molecule has 1 aromatic heterocycles. The van der Waals surface area contributed by atoms with E-state index < -0.39 is 0 Å². The van der Waals surface area contributed by atoms with Crippen LogP contribution in [0.15, 0.2) is 30.5 Å². The molecule has 1 aromatic carbocycles. The van der Waals surface area contributed by atoms with Gasteiger partial charge in [0.05, 0.1) is 23.3 Å². The van der Waals surface area contributed by atoms with Gasteiger partial charge in [-0.15, -0.1) is 0 Å². The summed E-state index contributed by atoms with van der Waals surface area (Å²) in [6.07, 6.45) is 2.17. The summed E-state index contributed by atoms with van der Waals surface area (Å²) in [6.45, 7) is 1.81. The van der Waals surface area contributed by atoms with Gasteiger partial charge in [0.1, 0.15) is 5.82 Å². The Morgan fingerprint density at radius 1 is 1.25 bits per heavy atom. The normalized spacial score (nSPS) is 16.4. The molecule has 3 rings (SSSR count). The number of nitrogens with zero attached hydrogens (tertiary/aromatic N) is 3. The van der Waals surface area contributed by atoms with Gasteiger partial charge in [0.2, 0.25) is 0 Å². The topological polar surface area (TPSA) is 38.2 Å². The molecule has 0 radical (unpaired) electrons. The van der Waals surface area contributed by atoms with Crippen molar-refractivity contribution in [3.8, 4) is 0 Å². The van der Waals surface area contributed by atoms with Crippen LogP contribution in [0.1, 0.15) is 0 Å². The van der Waals surface area contributed by atoms with Gasteiger partial charge < -0.3 is 9.64 Å². The predicted octanol–water partition coefficient (Wildman–Crippen LogP) is 1.46. The number of anilines is 1. The largest absolute Gasteiger partial charge is 0.378 e. The molecule has 2 aromatic rings. The van der Waals surface area contributed by atoms with Crippen molar-refractivity contribution < 1.29 is 4.74 Å². The van der Waals surface area contributed by atoms with Crippen LogP contribution in [0.25, 0.3) is 11.0 Å². The second-order valence-corrected chi connectivity index (χ2v) is 3.98. The molecule has 82 valence electrons. The van der Waals surface area contributed by atoms with Crippen LogP contribution >= 0.6 is 0 Å². The van der Waals surface area contributed by atoms with E-state index in [4.69, 9.17) is 4.74 Å². The van der Waals surface area contributed by atoms with Crippen LogP contribution in [-0.2, 0) is 4.74 Å². The van der Waals surface area contributed by atoms with Gasteiger partial charge >= 0.3 is 0 Å². The Hall–Kier alpha value is -1.68. The van der Waals surface area contributed by atoms with Gasteiger partial charge in [-0.1, -0.05) is 12.1 Å². The molecule has 1 saturated heterocycles. The summed E-state index contributed by atoms with van der Waals surface area (Å²) in [5.74, 6) is 0.937. The Labute approximate surface area is 93.9 Å². The Balaban J connectivity index is 1.89. The number of para-hydroxylation sites is 2. The van der Waals surface area contributed by atoms with Crippen LogP contribution in [0.2, 0.25) is 0 Å². The van der Waals surface area contributed by atoms with E-state index >= 15 is 0 Å². The fourth-order valence-corrected chi connectivity index (χ4v) is 1.87. The van der Waals surface area contributed by atoms with Crippen molar-refractivity contribution in [2.75, 3.05) is 25.1 Å². The van der Waals surface area contributed by atoms with Gasteiger partial charge in [0.25, 0.3) is 0 Å². The number of methoxy groups -OCH3 is 1. The molecule has 16 heavy (non-hydrogen) atoms. The lowest BCUT2D eigenvalue weighted by Gasteiger charge is -2.38. The first-order valence-electron chi connectivity index (χ1n) is 5.36. The van der Waals surface area contributed by atoms with Crippen LogP contribution in [0.3, 0.4) is 0 Å². The molecule has 0 spiro atoms. The Kier molecular flexibility index (Phi) is 2.22. The lowest BCUT2D eigenvalue weighted by molar-refractivity contribution is 0.0783. The molecule has 4 nitrogen and oxygen atoms in total. The highest BCUT2D eigenvalue weighted by atomic mass is 16.5. The average molecular weight is 215 g/mol. The van der Waals surface area contributed by atoms with Crippen LogP contribution in [0.5, 0.6) is 0 Å². The third kappa shape index (κ3) is 1.51. The number of rotatable bonds is 2. The summed E-state index contributed by atoms with van der Waals surface area (Å²) in [4.78, 5) is 11.1. The molecule has 0 bridgehead atoms. The van der Waals surface area contributed by atoms with Crippen molar-refractivity contribution >= 4 is 16.9 Å². The first kappa shape index (κ1) is 9.54. The summed E-state index contributed by atoms with van der Waals surface area (Å²) < 4.78 is 5.24. The molecule has 0 amide bonds. The van der Waals surface area contributed by atoms with Crippen molar-refractivity contribution in [1.82, 2.24) is 9.97 Å². The van der Waals surface area contributed by atoms with Gasteiger partial charge in [0.15, 0.2) is 0 Å². The van der Waals surface area contributed by atoms with Crippen molar-refractivity contribution in [2.24, 2.45) is 0 Å². The molecule has 4 heteroatoms. The van der Waals surface area contributed by atoms with Crippen LogP contribution in [0.4, 0.5) is 5.82 Å². The number of fused-ring (bicyclic) bond motifs is 1. The second kappa shape index (κ2) is 3.72. The fraction of sp³-hybridized carbons (Fsp3) is 0.333. The van der Waals surface area contributed by atoms with Gasteiger partial charge in [0, 0.05) is 20.2 Å². The molecule has 1 aliphatic heterocycles. The highest BCUT2D eigenvalue weighted by Crippen LogP contribution is 2.21. The van der Waals surface area contributed by atoms with E-state index in [1.54, 1.807) is 7.11 Å². The lowest BCUT2D eigenvalue weighted by atomic mass is 10.2. The predicted molar refractivity (Wildman–Crippen MR) is 62.5 cm³/mol. The summed E-state index contributed by atoms with van der Waals surface area (Å²) in [7, 11) is 1.74. The van der Waals surface area contributed by atoms with E-state index in [1.165, 1.54) is 0 Å². The average Bonchev–Trinajstić information content (AvgIpc) is 2.27. The second-order valence-electron chi connectivity index (χ2n) is 3.98. The molecular formula is C12H13N3O. The van der Waals surface area contributed by atoms with Crippen LogP contribution in [-0.4, -0.2) is 36.3 Å². The fourth-order valence-electron chi connectivity index (χ4n) is 1.87. The molecule has 1 fully saturated rings. The highest BCUT2D eigenvalue weighted by Gasteiger charge is 2.27. The summed E-state index contributed by atoms with van der Waals surface area (Å²) in [5.41, 5.74) is 1.89. The number of hydrogen-bond acceptors (Lipinski definition) is 4. The Bertz CT molecular complexity index is 508. The molecule has 1 aliphatic rings. The van der Waals surface area contributed by atoms with Gasteiger partial charge in [-0.3, -0.25) is 4.98 Å². The third-order valence-corrected chi connectivity index (χ3v) is 2.94. The minimum Gasteiger partial charge on any atom is -0.378 e. The van der Waals surface area contributed by atoms with E-state index in [2.05, 4.69) is 14.9 Å².